The lowest BCUT2D eigenvalue weighted by atomic mass is 10.2. The van der Waals surface area contributed by atoms with Gasteiger partial charge in [-0.15, -0.1) is 0 Å². The summed E-state index contributed by atoms with van der Waals surface area (Å²) in [6, 6.07) is 9.73. The van der Waals surface area contributed by atoms with E-state index in [2.05, 4.69) is 15.3 Å². The fourth-order valence-electron chi connectivity index (χ4n) is 2.16. The van der Waals surface area contributed by atoms with Gasteiger partial charge in [0, 0.05) is 5.56 Å². The molecule has 0 aliphatic heterocycles. The number of hydrogen-bond donors (Lipinski definition) is 1. The summed E-state index contributed by atoms with van der Waals surface area (Å²) in [7, 11) is 1.52. The maximum Gasteiger partial charge on any atom is 0.216 e. The van der Waals surface area contributed by atoms with Crippen molar-refractivity contribution >= 4 is 30.0 Å². The van der Waals surface area contributed by atoms with Gasteiger partial charge in [0.1, 0.15) is 18.8 Å². The Balaban J connectivity index is 1.78. The van der Waals surface area contributed by atoms with Crippen LogP contribution in [0.15, 0.2) is 47.8 Å². The number of benzene rings is 2. The first-order valence-electron chi connectivity index (χ1n) is 7.48. The lowest BCUT2D eigenvalue weighted by molar-refractivity contribution is 0.280. The normalized spacial score (nSPS) is 11.0. The van der Waals surface area contributed by atoms with E-state index in [1.54, 1.807) is 36.5 Å². The van der Waals surface area contributed by atoms with E-state index < -0.39 is 5.82 Å². The molecule has 0 spiro atoms. The number of nitrogens with zero attached hydrogens (tertiary/aromatic N) is 3. The van der Waals surface area contributed by atoms with E-state index in [9.17, 15) is 4.39 Å². The smallest absolute Gasteiger partial charge is 0.216 e. The molecule has 0 bridgehead atoms. The molecule has 0 radical (unpaired) electrons. The molecule has 0 aliphatic rings. The number of hydrogen-bond acceptors (Lipinski definition) is 5. The van der Waals surface area contributed by atoms with Gasteiger partial charge in [-0.05, 0) is 48.1 Å². The van der Waals surface area contributed by atoms with E-state index in [1.807, 2.05) is 0 Å². The second-order valence-electron chi connectivity index (χ2n) is 5.15. The van der Waals surface area contributed by atoms with Gasteiger partial charge in [0.05, 0.1) is 18.3 Å². The van der Waals surface area contributed by atoms with E-state index in [0.717, 1.165) is 5.56 Å². The number of rotatable bonds is 6. The summed E-state index contributed by atoms with van der Waals surface area (Å²) in [5, 5.41) is 10.9. The molecule has 0 saturated heterocycles. The molecule has 9 heteroatoms. The molecule has 3 aromatic rings. The van der Waals surface area contributed by atoms with Gasteiger partial charge in [0.2, 0.25) is 4.77 Å². The summed E-state index contributed by atoms with van der Waals surface area (Å²) < 4.78 is 26.6. The molecule has 0 fully saturated rings. The summed E-state index contributed by atoms with van der Waals surface area (Å²) in [4.78, 5) is 0. The number of aromatic amines is 1. The van der Waals surface area contributed by atoms with Crippen LogP contribution in [0.4, 0.5) is 4.39 Å². The van der Waals surface area contributed by atoms with E-state index in [-0.39, 0.29) is 12.2 Å². The predicted octanol–water partition coefficient (Wildman–Crippen LogP) is 4.20. The summed E-state index contributed by atoms with van der Waals surface area (Å²) >= 11 is 11.0. The Morgan fingerprint density at radius 3 is 2.88 bits per heavy atom. The van der Waals surface area contributed by atoms with Crippen molar-refractivity contribution in [1.82, 2.24) is 14.9 Å². The highest BCUT2D eigenvalue weighted by atomic mass is 35.5. The molecule has 6 nitrogen and oxygen atoms in total. The highest BCUT2D eigenvalue weighted by molar-refractivity contribution is 7.71. The molecular formula is C17H14ClFN4O2S. The Hall–Kier alpha value is -2.71. The van der Waals surface area contributed by atoms with Crippen molar-refractivity contribution in [3.8, 4) is 11.5 Å². The van der Waals surface area contributed by atoms with E-state index in [4.69, 9.17) is 33.3 Å². The minimum Gasteiger partial charge on any atom is -0.493 e. The van der Waals surface area contributed by atoms with Crippen molar-refractivity contribution in [2.24, 2.45) is 5.10 Å². The SMILES string of the molecule is COc1cc(/C=N/n2cn[nH]c2=S)ccc1OCc1c(F)cccc1Cl. The van der Waals surface area contributed by atoms with Crippen molar-refractivity contribution < 1.29 is 13.9 Å². The molecule has 1 aromatic heterocycles. The van der Waals surface area contributed by atoms with Gasteiger partial charge in [-0.25, -0.2) is 4.39 Å². The summed E-state index contributed by atoms with van der Waals surface area (Å²) in [5.41, 5.74) is 1.05. The minimum atomic E-state index is -0.419. The van der Waals surface area contributed by atoms with E-state index in [1.165, 1.54) is 24.2 Å². The van der Waals surface area contributed by atoms with Crippen LogP contribution in [0.2, 0.25) is 5.02 Å². The first-order chi connectivity index (χ1) is 12.6. The zero-order chi connectivity index (χ0) is 18.5. The van der Waals surface area contributed by atoms with Gasteiger partial charge in [0.15, 0.2) is 11.5 Å². The Morgan fingerprint density at radius 1 is 1.35 bits per heavy atom. The maximum absolute atomic E-state index is 13.8. The average molecular weight is 393 g/mol. The van der Waals surface area contributed by atoms with Crippen LogP contribution in [-0.2, 0) is 6.61 Å². The molecule has 134 valence electrons. The molecule has 0 atom stereocenters. The number of H-pyrrole nitrogens is 1. The summed E-state index contributed by atoms with van der Waals surface area (Å²) in [6.07, 6.45) is 3.07. The second-order valence-corrected chi connectivity index (χ2v) is 5.94. The largest absolute Gasteiger partial charge is 0.493 e. The number of halogens is 2. The number of aromatic nitrogens is 3. The fraction of sp³-hybridized carbons (Fsp3) is 0.118. The third-order valence-electron chi connectivity index (χ3n) is 3.49. The van der Waals surface area contributed by atoms with Crippen LogP contribution in [0.3, 0.4) is 0 Å². The third kappa shape index (κ3) is 4.09. The van der Waals surface area contributed by atoms with Crippen LogP contribution in [-0.4, -0.2) is 28.2 Å². The van der Waals surface area contributed by atoms with Crippen molar-refractivity contribution in [3.63, 3.8) is 0 Å². The fourth-order valence-corrected chi connectivity index (χ4v) is 2.52. The number of methoxy groups -OCH3 is 1. The zero-order valence-corrected chi connectivity index (χ0v) is 15.2. The molecule has 3 rings (SSSR count). The zero-order valence-electron chi connectivity index (χ0n) is 13.6. The van der Waals surface area contributed by atoms with Gasteiger partial charge in [-0.3, -0.25) is 5.10 Å². The standard InChI is InChI=1S/C17H14ClFN4O2S/c1-24-16-7-11(8-21-23-10-20-22-17(23)26)5-6-15(16)25-9-12-13(18)3-2-4-14(12)19/h2-8,10H,9H2,1H3,(H,22,26)/b21-8+. The van der Waals surface area contributed by atoms with E-state index in [0.29, 0.717) is 21.3 Å². The molecule has 26 heavy (non-hydrogen) atoms. The molecule has 0 unspecified atom stereocenters. The Kier molecular flexibility index (Phi) is 5.65. The van der Waals surface area contributed by atoms with Gasteiger partial charge in [-0.2, -0.15) is 14.9 Å². The lowest BCUT2D eigenvalue weighted by Gasteiger charge is -2.12. The topological polar surface area (TPSA) is 64.4 Å². The van der Waals surface area contributed by atoms with Crippen LogP contribution in [0.1, 0.15) is 11.1 Å². The predicted molar refractivity (Wildman–Crippen MR) is 99.1 cm³/mol. The Bertz CT molecular complexity index is 982. The molecule has 0 amide bonds. The third-order valence-corrected chi connectivity index (χ3v) is 4.12. The molecule has 1 N–H and O–H groups in total. The van der Waals surface area contributed by atoms with Gasteiger partial charge < -0.3 is 9.47 Å². The highest BCUT2D eigenvalue weighted by Gasteiger charge is 2.10. The van der Waals surface area contributed by atoms with Crippen LogP contribution in [0.5, 0.6) is 11.5 Å². The Morgan fingerprint density at radius 2 is 2.19 bits per heavy atom. The van der Waals surface area contributed by atoms with Gasteiger partial charge in [0.25, 0.3) is 0 Å². The summed E-state index contributed by atoms with van der Waals surface area (Å²) in [5.74, 6) is 0.526. The average Bonchev–Trinajstić information content (AvgIpc) is 3.05. The van der Waals surface area contributed by atoms with Gasteiger partial charge in [-0.1, -0.05) is 17.7 Å². The molecule has 2 aromatic carbocycles. The number of nitrogens with one attached hydrogen (secondary N) is 1. The lowest BCUT2D eigenvalue weighted by Crippen LogP contribution is -2.01. The van der Waals surface area contributed by atoms with Crippen LogP contribution in [0, 0.1) is 10.6 Å². The van der Waals surface area contributed by atoms with Gasteiger partial charge >= 0.3 is 0 Å². The second kappa shape index (κ2) is 8.11. The van der Waals surface area contributed by atoms with Crippen LogP contribution >= 0.6 is 23.8 Å². The molecular weight excluding hydrogens is 379 g/mol. The summed E-state index contributed by atoms with van der Waals surface area (Å²) in [6.45, 7) is -0.0144. The monoisotopic (exact) mass is 392 g/mol. The molecule has 1 heterocycles. The Labute approximate surface area is 158 Å². The van der Waals surface area contributed by atoms with Crippen LogP contribution in [0.25, 0.3) is 0 Å². The van der Waals surface area contributed by atoms with Crippen LogP contribution < -0.4 is 9.47 Å². The molecule has 0 saturated carbocycles. The van der Waals surface area contributed by atoms with Crippen molar-refractivity contribution in [1.29, 1.82) is 0 Å². The highest BCUT2D eigenvalue weighted by Crippen LogP contribution is 2.29. The molecule has 0 aliphatic carbocycles. The number of ether oxygens (including phenoxy) is 2. The quantitative estimate of drug-likeness (QED) is 0.504. The van der Waals surface area contributed by atoms with Crippen molar-refractivity contribution in [2.75, 3.05) is 7.11 Å². The minimum absolute atomic E-state index is 0.0144. The van der Waals surface area contributed by atoms with Crippen molar-refractivity contribution in [3.05, 3.63) is 69.5 Å². The van der Waals surface area contributed by atoms with Crippen molar-refractivity contribution in [2.45, 2.75) is 6.61 Å². The maximum atomic E-state index is 13.8. The van der Waals surface area contributed by atoms with E-state index >= 15 is 0 Å². The first-order valence-corrected chi connectivity index (χ1v) is 8.27. The first kappa shape index (κ1) is 18.1.